The first-order valence-corrected chi connectivity index (χ1v) is 11.9. The zero-order valence-corrected chi connectivity index (χ0v) is 19.1. The fourth-order valence-electron chi connectivity index (χ4n) is 5.76. The third kappa shape index (κ3) is 3.44. The first-order valence-electron chi connectivity index (χ1n) is 11.0. The molecule has 3 heterocycles. The molecule has 3 saturated heterocycles. The molecule has 0 aliphatic carbocycles. The third-order valence-electron chi connectivity index (χ3n) is 7.13. The van der Waals surface area contributed by atoms with Crippen molar-refractivity contribution < 1.29 is 19.5 Å². The summed E-state index contributed by atoms with van der Waals surface area (Å²) in [6.07, 6.45) is 2.79. The van der Waals surface area contributed by atoms with Crippen molar-refractivity contribution in [3.05, 3.63) is 29.3 Å². The lowest BCUT2D eigenvalue weighted by molar-refractivity contribution is -0.139. The Hall–Kier alpha value is -2.06. The van der Waals surface area contributed by atoms with Crippen molar-refractivity contribution in [3.8, 4) is 0 Å². The number of thioether (sulfide) groups is 1. The molecule has 1 spiro atoms. The maximum atomic E-state index is 13.7. The lowest BCUT2D eigenvalue weighted by Gasteiger charge is -2.34. The highest BCUT2D eigenvalue weighted by Crippen LogP contribution is 2.66. The minimum atomic E-state index is -0.618. The number of amides is 3. The lowest BCUT2D eigenvalue weighted by atomic mass is 9.70. The molecule has 168 valence electrons. The normalized spacial score (nSPS) is 31.1. The van der Waals surface area contributed by atoms with E-state index in [0.29, 0.717) is 19.4 Å². The summed E-state index contributed by atoms with van der Waals surface area (Å²) in [6.45, 7) is 4.38. The maximum Gasteiger partial charge on any atom is 0.248 e. The van der Waals surface area contributed by atoms with Crippen LogP contribution in [0.25, 0.3) is 0 Å². The van der Waals surface area contributed by atoms with E-state index in [-0.39, 0.29) is 29.6 Å². The highest BCUT2D eigenvalue weighted by atomic mass is 32.2. The van der Waals surface area contributed by atoms with E-state index in [2.05, 4.69) is 10.6 Å². The number of nitrogens with one attached hydrogen (secondary N) is 2. The number of nitrogens with zero attached hydrogens (tertiary/aromatic N) is 1. The zero-order chi connectivity index (χ0) is 22.3. The SMILES string of the molecule is CNC(=O)[C@@H]1[C@H]2C(=O)N(CCCCO)C(C(=O)Nc3c(C)cccc3C)C23CC[C@H]1S3. The lowest BCUT2D eigenvalue weighted by Crippen LogP contribution is -2.51. The van der Waals surface area contributed by atoms with Gasteiger partial charge in [0.25, 0.3) is 0 Å². The van der Waals surface area contributed by atoms with Crippen molar-refractivity contribution in [2.24, 2.45) is 11.8 Å². The van der Waals surface area contributed by atoms with Gasteiger partial charge >= 0.3 is 0 Å². The molecule has 7 nitrogen and oxygen atoms in total. The Morgan fingerprint density at radius 3 is 2.58 bits per heavy atom. The fourth-order valence-corrected chi connectivity index (χ4v) is 7.98. The van der Waals surface area contributed by atoms with Crippen molar-refractivity contribution in [2.75, 3.05) is 25.5 Å². The van der Waals surface area contributed by atoms with Crippen LogP contribution in [0.15, 0.2) is 18.2 Å². The molecule has 1 aromatic carbocycles. The molecule has 2 unspecified atom stereocenters. The van der Waals surface area contributed by atoms with Crippen LogP contribution < -0.4 is 10.6 Å². The van der Waals surface area contributed by atoms with Gasteiger partial charge in [0.05, 0.1) is 16.6 Å². The average Bonchev–Trinajstić information content (AvgIpc) is 3.38. The number of hydrogen-bond acceptors (Lipinski definition) is 5. The summed E-state index contributed by atoms with van der Waals surface area (Å²) in [5.41, 5.74) is 2.74. The van der Waals surface area contributed by atoms with Gasteiger partial charge in [0.1, 0.15) is 6.04 Å². The summed E-state index contributed by atoms with van der Waals surface area (Å²) in [7, 11) is 1.61. The Balaban J connectivity index is 1.70. The number of carbonyl (C=O) groups excluding carboxylic acids is 3. The Morgan fingerprint density at radius 2 is 1.94 bits per heavy atom. The number of carbonyl (C=O) groups is 3. The van der Waals surface area contributed by atoms with E-state index in [1.54, 1.807) is 23.7 Å². The second-order valence-corrected chi connectivity index (χ2v) is 10.5. The molecule has 3 amide bonds. The molecule has 4 rings (SSSR count). The summed E-state index contributed by atoms with van der Waals surface area (Å²) in [4.78, 5) is 41.7. The molecule has 2 bridgehead atoms. The van der Waals surface area contributed by atoms with Gasteiger partial charge in [-0.2, -0.15) is 0 Å². The van der Waals surface area contributed by atoms with E-state index in [4.69, 9.17) is 0 Å². The minimum Gasteiger partial charge on any atom is -0.396 e. The molecule has 31 heavy (non-hydrogen) atoms. The predicted octanol–water partition coefficient (Wildman–Crippen LogP) is 1.85. The number of aliphatic hydroxyl groups excluding tert-OH is 1. The summed E-state index contributed by atoms with van der Waals surface area (Å²) >= 11 is 1.67. The standard InChI is InChI=1S/C23H31N3O4S/c1-13-7-6-8-14(2)18(13)25-21(29)19-23-10-9-15(31-23)16(20(28)24-3)17(23)22(30)26(19)11-4-5-12-27/h6-8,15-17,19,27H,4-5,9-12H2,1-3H3,(H,24,28)(H,25,29)/t15-,16+,17+,19?,23?/m1/s1. The van der Waals surface area contributed by atoms with Crippen LogP contribution in [0.3, 0.4) is 0 Å². The van der Waals surface area contributed by atoms with Crippen LogP contribution in [0, 0.1) is 25.7 Å². The van der Waals surface area contributed by atoms with Crippen molar-refractivity contribution in [1.29, 1.82) is 0 Å². The number of aryl methyl sites for hydroxylation is 2. The molecular weight excluding hydrogens is 414 g/mol. The molecule has 5 atom stereocenters. The van der Waals surface area contributed by atoms with Gasteiger partial charge in [0, 0.05) is 31.1 Å². The molecule has 3 fully saturated rings. The summed E-state index contributed by atoms with van der Waals surface area (Å²) < 4.78 is -0.571. The molecule has 0 aromatic heterocycles. The van der Waals surface area contributed by atoms with E-state index in [1.807, 2.05) is 32.0 Å². The highest BCUT2D eigenvalue weighted by Gasteiger charge is 2.73. The number of likely N-dealkylation sites (tertiary alicyclic amines) is 1. The van der Waals surface area contributed by atoms with Crippen LogP contribution in [0.5, 0.6) is 0 Å². The van der Waals surface area contributed by atoms with Crippen LogP contribution in [-0.2, 0) is 14.4 Å². The molecule has 8 heteroatoms. The van der Waals surface area contributed by atoms with Crippen LogP contribution in [0.1, 0.15) is 36.8 Å². The van der Waals surface area contributed by atoms with Crippen LogP contribution in [0.4, 0.5) is 5.69 Å². The highest BCUT2D eigenvalue weighted by molar-refractivity contribution is 8.02. The van der Waals surface area contributed by atoms with Crippen molar-refractivity contribution in [3.63, 3.8) is 0 Å². The number of hydrogen-bond donors (Lipinski definition) is 3. The average molecular weight is 446 g/mol. The molecular formula is C23H31N3O4S. The largest absolute Gasteiger partial charge is 0.396 e. The van der Waals surface area contributed by atoms with Gasteiger partial charge in [0.2, 0.25) is 17.7 Å². The van der Waals surface area contributed by atoms with E-state index in [0.717, 1.165) is 29.7 Å². The van der Waals surface area contributed by atoms with Gasteiger partial charge in [0.15, 0.2) is 0 Å². The predicted molar refractivity (Wildman–Crippen MR) is 121 cm³/mol. The topological polar surface area (TPSA) is 98.7 Å². The third-order valence-corrected chi connectivity index (χ3v) is 9.09. The molecule has 3 aliphatic rings. The second-order valence-electron chi connectivity index (χ2n) is 8.89. The Bertz CT molecular complexity index is 887. The zero-order valence-electron chi connectivity index (χ0n) is 18.3. The molecule has 3 aliphatic heterocycles. The van der Waals surface area contributed by atoms with Gasteiger partial charge in [-0.1, -0.05) is 18.2 Å². The monoisotopic (exact) mass is 445 g/mol. The summed E-state index contributed by atoms with van der Waals surface area (Å²) in [6, 6.07) is 5.25. The molecule has 1 aromatic rings. The second kappa shape index (κ2) is 8.47. The van der Waals surface area contributed by atoms with Crippen molar-refractivity contribution in [1.82, 2.24) is 10.2 Å². The number of fused-ring (bicyclic) bond motifs is 1. The van der Waals surface area contributed by atoms with Gasteiger partial charge in [-0.25, -0.2) is 0 Å². The molecule has 0 saturated carbocycles. The number of para-hydroxylation sites is 1. The van der Waals surface area contributed by atoms with E-state index >= 15 is 0 Å². The van der Waals surface area contributed by atoms with Gasteiger partial charge < -0.3 is 20.6 Å². The van der Waals surface area contributed by atoms with E-state index in [1.165, 1.54) is 0 Å². The Kier molecular flexibility index (Phi) is 6.05. The summed E-state index contributed by atoms with van der Waals surface area (Å²) in [5, 5.41) is 15.1. The minimum absolute atomic E-state index is 0.0492. The van der Waals surface area contributed by atoms with Crippen LogP contribution in [-0.4, -0.2) is 64.0 Å². The molecule has 0 radical (unpaired) electrons. The Morgan fingerprint density at radius 1 is 1.23 bits per heavy atom. The van der Waals surface area contributed by atoms with E-state index in [9.17, 15) is 19.5 Å². The Labute approximate surface area is 187 Å². The maximum absolute atomic E-state index is 13.7. The summed E-state index contributed by atoms with van der Waals surface area (Å²) in [5.74, 6) is -1.25. The number of rotatable bonds is 7. The smallest absolute Gasteiger partial charge is 0.248 e. The van der Waals surface area contributed by atoms with Gasteiger partial charge in [-0.3, -0.25) is 14.4 Å². The van der Waals surface area contributed by atoms with Crippen LogP contribution >= 0.6 is 11.8 Å². The quantitative estimate of drug-likeness (QED) is 0.557. The number of aliphatic hydroxyl groups is 1. The first-order chi connectivity index (χ1) is 14.9. The number of unbranched alkanes of at least 4 members (excludes halogenated alkanes) is 1. The number of anilines is 1. The van der Waals surface area contributed by atoms with E-state index < -0.39 is 22.6 Å². The fraction of sp³-hybridized carbons (Fsp3) is 0.609. The van der Waals surface area contributed by atoms with Gasteiger partial charge in [-0.15, -0.1) is 11.8 Å². The van der Waals surface area contributed by atoms with Gasteiger partial charge in [-0.05, 0) is 50.7 Å². The first kappa shape index (κ1) is 22.1. The van der Waals surface area contributed by atoms with Crippen molar-refractivity contribution in [2.45, 2.75) is 55.6 Å². The molecule has 3 N–H and O–H groups in total. The number of benzene rings is 1. The van der Waals surface area contributed by atoms with Crippen molar-refractivity contribution >= 4 is 35.2 Å². The van der Waals surface area contributed by atoms with Crippen LogP contribution in [0.2, 0.25) is 0 Å².